The van der Waals surface area contributed by atoms with Crippen molar-refractivity contribution in [3.05, 3.63) is 52.6 Å². The van der Waals surface area contributed by atoms with Crippen molar-refractivity contribution in [2.45, 2.75) is 19.8 Å². The fourth-order valence-corrected chi connectivity index (χ4v) is 3.56. The number of non-ortho nitro benzene ring substituents is 1. The molecule has 0 fully saturated rings. The van der Waals surface area contributed by atoms with E-state index in [2.05, 4.69) is 20.9 Å². The highest BCUT2D eigenvalue weighted by molar-refractivity contribution is 7.22. The van der Waals surface area contributed by atoms with E-state index in [0.29, 0.717) is 30.2 Å². The number of nitro benzene ring substituents is 1. The van der Waals surface area contributed by atoms with Gasteiger partial charge >= 0.3 is 0 Å². The molecular formula is C19H19N5O4S. The second kappa shape index (κ2) is 9.11. The number of fused-ring (bicyclic) bond motifs is 1. The summed E-state index contributed by atoms with van der Waals surface area (Å²) in [4.78, 5) is 37.8. The SMILES string of the molecule is CC(=O)Nc1nc2ccc(NC(=O)CCCNc3ccc([N+](=O)[O-])cc3)cc2s1. The fourth-order valence-electron chi connectivity index (χ4n) is 2.61. The number of aromatic nitrogens is 1. The highest BCUT2D eigenvalue weighted by Crippen LogP contribution is 2.28. The summed E-state index contributed by atoms with van der Waals surface area (Å²) in [7, 11) is 0. The van der Waals surface area contributed by atoms with Gasteiger partial charge in [0.25, 0.3) is 5.69 Å². The molecule has 2 aromatic carbocycles. The number of thiazole rings is 1. The van der Waals surface area contributed by atoms with Gasteiger partial charge in [-0.2, -0.15) is 0 Å². The highest BCUT2D eigenvalue weighted by atomic mass is 32.1. The molecule has 0 bridgehead atoms. The number of hydrogen-bond donors (Lipinski definition) is 3. The van der Waals surface area contributed by atoms with Crippen molar-refractivity contribution in [1.29, 1.82) is 0 Å². The Morgan fingerprint density at radius 3 is 2.52 bits per heavy atom. The lowest BCUT2D eigenvalue weighted by Gasteiger charge is -2.07. The van der Waals surface area contributed by atoms with Crippen LogP contribution in [0, 0.1) is 10.1 Å². The number of anilines is 3. The van der Waals surface area contributed by atoms with Crippen LogP contribution in [0.4, 0.5) is 22.2 Å². The van der Waals surface area contributed by atoms with Crippen LogP contribution in [0.5, 0.6) is 0 Å². The van der Waals surface area contributed by atoms with Gasteiger partial charge in [0, 0.05) is 43.4 Å². The average Bonchev–Trinajstić information content (AvgIpc) is 3.06. The zero-order valence-corrected chi connectivity index (χ0v) is 16.4. The van der Waals surface area contributed by atoms with Crippen LogP contribution in [0.3, 0.4) is 0 Å². The van der Waals surface area contributed by atoms with Crippen LogP contribution < -0.4 is 16.0 Å². The van der Waals surface area contributed by atoms with Crippen LogP contribution in [-0.4, -0.2) is 28.3 Å². The molecule has 1 aromatic heterocycles. The quantitative estimate of drug-likeness (QED) is 0.291. The number of nitro groups is 1. The predicted molar refractivity (Wildman–Crippen MR) is 113 cm³/mol. The minimum Gasteiger partial charge on any atom is -0.385 e. The molecule has 3 rings (SSSR count). The Kier molecular flexibility index (Phi) is 6.35. The van der Waals surface area contributed by atoms with Crippen molar-refractivity contribution in [2.24, 2.45) is 0 Å². The van der Waals surface area contributed by atoms with Crippen molar-refractivity contribution < 1.29 is 14.5 Å². The molecule has 0 saturated carbocycles. The Hall–Kier alpha value is -3.53. The van der Waals surface area contributed by atoms with E-state index in [-0.39, 0.29) is 17.5 Å². The van der Waals surface area contributed by atoms with Gasteiger partial charge in [-0.1, -0.05) is 11.3 Å². The molecule has 0 radical (unpaired) electrons. The number of carbonyl (C=O) groups is 2. The topological polar surface area (TPSA) is 126 Å². The molecule has 29 heavy (non-hydrogen) atoms. The smallest absolute Gasteiger partial charge is 0.269 e. The van der Waals surface area contributed by atoms with E-state index in [9.17, 15) is 19.7 Å². The van der Waals surface area contributed by atoms with Crippen LogP contribution in [0.25, 0.3) is 10.2 Å². The van der Waals surface area contributed by atoms with Gasteiger partial charge < -0.3 is 16.0 Å². The van der Waals surface area contributed by atoms with Crippen LogP contribution in [0.15, 0.2) is 42.5 Å². The van der Waals surface area contributed by atoms with Gasteiger partial charge in [0.1, 0.15) is 0 Å². The molecule has 3 aromatic rings. The molecule has 1 heterocycles. The zero-order chi connectivity index (χ0) is 20.8. The summed E-state index contributed by atoms with van der Waals surface area (Å²) in [6.07, 6.45) is 0.941. The summed E-state index contributed by atoms with van der Waals surface area (Å²) < 4.78 is 0.867. The average molecular weight is 413 g/mol. The number of nitrogens with one attached hydrogen (secondary N) is 3. The molecule has 0 aliphatic rings. The molecule has 2 amide bonds. The molecule has 3 N–H and O–H groups in total. The van der Waals surface area contributed by atoms with Gasteiger partial charge in [0.2, 0.25) is 11.8 Å². The summed E-state index contributed by atoms with van der Waals surface area (Å²) in [5, 5.41) is 19.8. The lowest BCUT2D eigenvalue weighted by Crippen LogP contribution is -2.13. The van der Waals surface area contributed by atoms with E-state index >= 15 is 0 Å². The number of nitrogens with zero attached hydrogens (tertiary/aromatic N) is 2. The third-order valence-corrected chi connectivity index (χ3v) is 4.88. The minimum atomic E-state index is -0.446. The summed E-state index contributed by atoms with van der Waals surface area (Å²) in [6.45, 7) is 1.99. The number of hydrogen-bond acceptors (Lipinski definition) is 7. The number of rotatable bonds is 8. The molecule has 0 atom stereocenters. The number of carbonyl (C=O) groups excluding carboxylic acids is 2. The largest absolute Gasteiger partial charge is 0.385 e. The molecular weight excluding hydrogens is 394 g/mol. The Morgan fingerprint density at radius 1 is 1.10 bits per heavy atom. The van der Waals surface area contributed by atoms with Crippen molar-refractivity contribution >= 4 is 55.6 Å². The normalized spacial score (nSPS) is 10.5. The van der Waals surface area contributed by atoms with Crippen molar-refractivity contribution in [3.63, 3.8) is 0 Å². The van der Waals surface area contributed by atoms with E-state index in [1.807, 2.05) is 6.07 Å². The first-order valence-electron chi connectivity index (χ1n) is 8.87. The summed E-state index contributed by atoms with van der Waals surface area (Å²) in [5.74, 6) is -0.290. The van der Waals surface area contributed by atoms with Gasteiger partial charge in [0.05, 0.1) is 15.1 Å². The van der Waals surface area contributed by atoms with Crippen LogP contribution >= 0.6 is 11.3 Å². The fraction of sp³-hybridized carbons (Fsp3) is 0.211. The first-order valence-corrected chi connectivity index (χ1v) is 9.69. The van der Waals surface area contributed by atoms with Gasteiger partial charge in [0.15, 0.2) is 5.13 Å². The summed E-state index contributed by atoms with van der Waals surface area (Å²) >= 11 is 1.34. The minimum absolute atomic E-state index is 0.0389. The van der Waals surface area contributed by atoms with E-state index in [1.54, 1.807) is 24.3 Å². The first-order chi connectivity index (χ1) is 13.9. The molecule has 150 valence electrons. The maximum Gasteiger partial charge on any atom is 0.269 e. The van der Waals surface area contributed by atoms with Crippen molar-refractivity contribution in [2.75, 3.05) is 22.5 Å². The first kappa shape index (κ1) is 20.2. The lowest BCUT2D eigenvalue weighted by molar-refractivity contribution is -0.384. The summed E-state index contributed by atoms with van der Waals surface area (Å²) in [6, 6.07) is 11.5. The maximum absolute atomic E-state index is 12.1. The monoisotopic (exact) mass is 413 g/mol. The van der Waals surface area contributed by atoms with E-state index in [0.717, 1.165) is 15.9 Å². The van der Waals surface area contributed by atoms with Crippen LogP contribution in [0.2, 0.25) is 0 Å². The zero-order valence-electron chi connectivity index (χ0n) is 15.6. The maximum atomic E-state index is 12.1. The Morgan fingerprint density at radius 2 is 1.83 bits per heavy atom. The molecule has 0 spiro atoms. The molecule has 10 heteroatoms. The third-order valence-electron chi connectivity index (χ3n) is 3.94. The van der Waals surface area contributed by atoms with Gasteiger partial charge in [-0.15, -0.1) is 0 Å². The van der Waals surface area contributed by atoms with Crippen molar-refractivity contribution in [1.82, 2.24) is 4.98 Å². The molecule has 0 unspecified atom stereocenters. The summed E-state index contributed by atoms with van der Waals surface area (Å²) in [5.41, 5.74) is 2.23. The molecule has 0 aliphatic heterocycles. The molecule has 0 saturated heterocycles. The standard InChI is InChI=1S/C19H19N5O4S/c1-12(25)21-19-23-16-9-6-14(11-17(16)29-19)22-18(26)3-2-10-20-13-4-7-15(8-5-13)24(27)28/h4-9,11,20H,2-3,10H2,1H3,(H,22,26)(H,21,23,25). The Labute approximate surface area is 170 Å². The van der Waals surface area contributed by atoms with Crippen LogP contribution in [-0.2, 0) is 9.59 Å². The van der Waals surface area contributed by atoms with Crippen LogP contribution in [0.1, 0.15) is 19.8 Å². The second-order valence-electron chi connectivity index (χ2n) is 6.27. The Bertz CT molecular complexity index is 1050. The Balaban J connectivity index is 1.46. The van der Waals surface area contributed by atoms with E-state index < -0.39 is 4.92 Å². The van der Waals surface area contributed by atoms with Crippen molar-refractivity contribution in [3.8, 4) is 0 Å². The van der Waals surface area contributed by atoms with Gasteiger partial charge in [-0.05, 0) is 36.8 Å². The lowest BCUT2D eigenvalue weighted by atomic mass is 10.2. The number of amides is 2. The van der Waals surface area contributed by atoms with E-state index in [4.69, 9.17) is 0 Å². The van der Waals surface area contributed by atoms with E-state index in [1.165, 1.54) is 30.4 Å². The van der Waals surface area contributed by atoms with Gasteiger partial charge in [-0.25, -0.2) is 4.98 Å². The third kappa shape index (κ3) is 5.72. The number of benzene rings is 2. The highest BCUT2D eigenvalue weighted by Gasteiger charge is 2.08. The predicted octanol–water partition coefficient (Wildman–Crippen LogP) is 3.99. The second-order valence-corrected chi connectivity index (χ2v) is 7.30. The van der Waals surface area contributed by atoms with Gasteiger partial charge in [-0.3, -0.25) is 19.7 Å². The molecule has 9 nitrogen and oxygen atoms in total. The molecule has 0 aliphatic carbocycles.